The van der Waals surface area contributed by atoms with E-state index in [4.69, 9.17) is 0 Å². The smallest absolute Gasteiger partial charge is 0.150 e. The molecule has 1 fully saturated rings. The van der Waals surface area contributed by atoms with Crippen LogP contribution in [0.15, 0.2) is 36.4 Å². The first-order valence-electron chi connectivity index (χ1n) is 10.2. The molecule has 2 aromatic carbocycles. The van der Waals surface area contributed by atoms with Crippen LogP contribution in [-0.4, -0.2) is 40.5 Å². The standard InChI is InChI=1S/C23H25F3N2O2/c1-12(30)20(11-29)27-10-13-6-15(7-13)21-18-8-17(25)9-19(26)23(18)28-22(21)14-2-4-16(24)5-3-14/h2-5,8-9,12-13,15,20,27-30H,6-7,10-11H2,1H3/t12-,13?,15?,20-/m0/s1. The van der Waals surface area contributed by atoms with Crippen molar-refractivity contribution < 1.29 is 23.4 Å². The van der Waals surface area contributed by atoms with E-state index in [9.17, 15) is 23.4 Å². The number of aliphatic hydroxyl groups is 2. The molecule has 1 aliphatic rings. The fraction of sp³-hybridized carbons (Fsp3) is 0.391. The molecule has 4 N–H and O–H groups in total. The molecule has 4 nitrogen and oxygen atoms in total. The van der Waals surface area contributed by atoms with Gasteiger partial charge in [-0.1, -0.05) is 0 Å². The number of nitrogens with one attached hydrogen (secondary N) is 2. The van der Waals surface area contributed by atoms with Crippen molar-refractivity contribution in [3.05, 3.63) is 59.4 Å². The van der Waals surface area contributed by atoms with Crippen molar-refractivity contribution in [2.75, 3.05) is 13.2 Å². The van der Waals surface area contributed by atoms with E-state index in [0.717, 1.165) is 30.0 Å². The summed E-state index contributed by atoms with van der Waals surface area (Å²) in [6, 6.07) is 7.78. The van der Waals surface area contributed by atoms with Crippen molar-refractivity contribution in [1.29, 1.82) is 0 Å². The zero-order valence-corrected chi connectivity index (χ0v) is 16.6. The zero-order chi connectivity index (χ0) is 21.4. The van der Waals surface area contributed by atoms with Gasteiger partial charge in [0.25, 0.3) is 0 Å². The Morgan fingerprint density at radius 1 is 1.10 bits per heavy atom. The quantitative estimate of drug-likeness (QED) is 0.468. The molecule has 0 saturated heterocycles. The number of aromatic amines is 1. The van der Waals surface area contributed by atoms with E-state index in [2.05, 4.69) is 10.3 Å². The van der Waals surface area contributed by atoms with Gasteiger partial charge in [-0.2, -0.15) is 0 Å². The van der Waals surface area contributed by atoms with E-state index in [0.29, 0.717) is 23.5 Å². The Bertz CT molecular complexity index is 1030. The van der Waals surface area contributed by atoms with Crippen LogP contribution in [-0.2, 0) is 0 Å². The largest absolute Gasteiger partial charge is 0.395 e. The molecule has 1 saturated carbocycles. The topological polar surface area (TPSA) is 68.3 Å². The van der Waals surface area contributed by atoms with Crippen molar-refractivity contribution in [3.8, 4) is 11.3 Å². The third-order valence-electron chi connectivity index (χ3n) is 6.09. The summed E-state index contributed by atoms with van der Waals surface area (Å²) < 4.78 is 41.8. The lowest BCUT2D eigenvalue weighted by Gasteiger charge is -2.37. The molecular weight excluding hydrogens is 393 g/mol. The van der Waals surface area contributed by atoms with Gasteiger partial charge in [0.15, 0.2) is 0 Å². The summed E-state index contributed by atoms with van der Waals surface area (Å²) in [5.41, 5.74) is 2.50. The Labute approximate surface area is 172 Å². The molecule has 30 heavy (non-hydrogen) atoms. The second-order valence-electron chi connectivity index (χ2n) is 8.20. The van der Waals surface area contributed by atoms with Crippen molar-refractivity contribution in [3.63, 3.8) is 0 Å². The average Bonchev–Trinajstić information content (AvgIpc) is 3.03. The van der Waals surface area contributed by atoms with Crippen LogP contribution >= 0.6 is 0 Å². The van der Waals surface area contributed by atoms with E-state index < -0.39 is 17.7 Å². The summed E-state index contributed by atoms with van der Waals surface area (Å²) in [5, 5.41) is 22.7. The van der Waals surface area contributed by atoms with Crippen LogP contribution in [0.3, 0.4) is 0 Å². The van der Waals surface area contributed by atoms with E-state index in [1.54, 1.807) is 19.1 Å². The molecule has 1 aliphatic carbocycles. The van der Waals surface area contributed by atoms with Crippen LogP contribution in [0.1, 0.15) is 31.2 Å². The lowest BCUT2D eigenvalue weighted by Crippen LogP contribution is -2.45. The maximum atomic E-state index is 14.4. The van der Waals surface area contributed by atoms with Gasteiger partial charge >= 0.3 is 0 Å². The number of benzene rings is 2. The summed E-state index contributed by atoms with van der Waals surface area (Å²) in [6.07, 6.45) is 0.963. The molecule has 3 aromatic rings. The van der Waals surface area contributed by atoms with Crippen LogP contribution in [0.25, 0.3) is 22.2 Å². The highest BCUT2D eigenvalue weighted by Gasteiger charge is 2.35. The lowest BCUT2D eigenvalue weighted by atomic mass is 9.70. The molecule has 0 bridgehead atoms. The fourth-order valence-electron chi connectivity index (χ4n) is 4.35. The molecule has 0 amide bonds. The minimum atomic E-state index is -0.657. The summed E-state index contributed by atoms with van der Waals surface area (Å²) in [7, 11) is 0. The van der Waals surface area contributed by atoms with Gasteiger partial charge in [-0.05, 0) is 79.6 Å². The predicted molar refractivity (Wildman–Crippen MR) is 110 cm³/mol. The van der Waals surface area contributed by atoms with Gasteiger partial charge < -0.3 is 20.5 Å². The summed E-state index contributed by atoms with van der Waals surface area (Å²) in [4.78, 5) is 3.09. The highest BCUT2D eigenvalue weighted by Crippen LogP contribution is 2.48. The number of aliphatic hydroxyl groups excluding tert-OH is 2. The molecule has 7 heteroatoms. The molecule has 0 radical (unpaired) electrons. The summed E-state index contributed by atoms with van der Waals surface area (Å²) in [5.74, 6) is -1.22. The molecule has 0 aliphatic heterocycles. The van der Waals surface area contributed by atoms with Crippen molar-refractivity contribution >= 4 is 10.9 Å². The second kappa shape index (κ2) is 8.41. The molecule has 2 atom stereocenters. The number of hydrogen-bond acceptors (Lipinski definition) is 3. The van der Waals surface area contributed by atoms with Crippen LogP contribution in [0.4, 0.5) is 13.2 Å². The molecule has 160 valence electrons. The van der Waals surface area contributed by atoms with Gasteiger partial charge in [0, 0.05) is 11.5 Å². The Morgan fingerprint density at radius 2 is 1.80 bits per heavy atom. The molecule has 0 unspecified atom stereocenters. The van der Waals surface area contributed by atoms with Gasteiger partial charge in [-0.25, -0.2) is 13.2 Å². The van der Waals surface area contributed by atoms with Gasteiger partial charge in [0.1, 0.15) is 17.5 Å². The van der Waals surface area contributed by atoms with Gasteiger partial charge in [0.05, 0.1) is 30.0 Å². The fourth-order valence-corrected chi connectivity index (χ4v) is 4.35. The third-order valence-corrected chi connectivity index (χ3v) is 6.09. The second-order valence-corrected chi connectivity index (χ2v) is 8.20. The summed E-state index contributed by atoms with van der Waals surface area (Å²) >= 11 is 0. The maximum Gasteiger partial charge on any atom is 0.150 e. The lowest BCUT2D eigenvalue weighted by molar-refractivity contribution is 0.0961. The zero-order valence-electron chi connectivity index (χ0n) is 16.6. The first-order chi connectivity index (χ1) is 14.4. The SMILES string of the molecule is C[C@H](O)[C@H](CO)NCC1CC(c2c(-c3ccc(F)cc3)[nH]c3c(F)cc(F)cc23)C1. The first-order valence-corrected chi connectivity index (χ1v) is 10.2. The highest BCUT2D eigenvalue weighted by atomic mass is 19.1. The highest BCUT2D eigenvalue weighted by molar-refractivity contribution is 5.92. The first kappa shape index (κ1) is 20.9. The minimum absolute atomic E-state index is 0.103. The van der Waals surface area contributed by atoms with E-state index >= 15 is 0 Å². The van der Waals surface area contributed by atoms with Gasteiger partial charge in [0.2, 0.25) is 0 Å². The number of hydrogen-bond donors (Lipinski definition) is 4. The van der Waals surface area contributed by atoms with Crippen molar-refractivity contribution in [1.82, 2.24) is 10.3 Å². The Hall–Kier alpha value is -2.35. The van der Waals surface area contributed by atoms with E-state index in [-0.39, 0.29) is 29.9 Å². The molecule has 1 heterocycles. The third kappa shape index (κ3) is 3.97. The normalized spacial score (nSPS) is 20.9. The van der Waals surface area contributed by atoms with Crippen molar-refractivity contribution in [2.24, 2.45) is 5.92 Å². The Balaban J connectivity index is 1.62. The number of fused-ring (bicyclic) bond motifs is 1. The number of H-pyrrole nitrogens is 1. The molecule has 1 aromatic heterocycles. The predicted octanol–water partition coefficient (Wildman–Crippen LogP) is 4.08. The number of halogens is 3. The molecule has 4 rings (SSSR count). The van der Waals surface area contributed by atoms with Crippen LogP contribution in [0.2, 0.25) is 0 Å². The van der Waals surface area contributed by atoms with E-state index in [1.165, 1.54) is 18.2 Å². The maximum absolute atomic E-state index is 14.4. The summed E-state index contributed by atoms with van der Waals surface area (Å²) in [6.45, 7) is 2.12. The van der Waals surface area contributed by atoms with Gasteiger partial charge in [-0.3, -0.25) is 0 Å². The minimum Gasteiger partial charge on any atom is -0.395 e. The number of rotatable bonds is 7. The number of aromatic nitrogens is 1. The average molecular weight is 418 g/mol. The molecule has 0 spiro atoms. The van der Waals surface area contributed by atoms with Crippen LogP contribution < -0.4 is 5.32 Å². The monoisotopic (exact) mass is 418 g/mol. The Kier molecular flexibility index (Phi) is 5.86. The van der Waals surface area contributed by atoms with E-state index in [1.807, 2.05) is 0 Å². The van der Waals surface area contributed by atoms with Crippen LogP contribution in [0, 0.1) is 23.4 Å². The van der Waals surface area contributed by atoms with Gasteiger partial charge in [-0.15, -0.1) is 0 Å². The van der Waals surface area contributed by atoms with Crippen molar-refractivity contribution in [2.45, 2.75) is 37.8 Å². The molecular formula is C23H25F3N2O2. The van der Waals surface area contributed by atoms with Crippen LogP contribution in [0.5, 0.6) is 0 Å². The Morgan fingerprint density at radius 3 is 2.43 bits per heavy atom.